The van der Waals surface area contributed by atoms with Gasteiger partial charge in [-0.15, -0.1) is 11.8 Å². The van der Waals surface area contributed by atoms with Gasteiger partial charge >= 0.3 is 0 Å². The van der Waals surface area contributed by atoms with Crippen molar-refractivity contribution in [2.24, 2.45) is 0 Å². The van der Waals surface area contributed by atoms with Crippen LogP contribution >= 0.6 is 35.1 Å². The van der Waals surface area contributed by atoms with Crippen LogP contribution in [0.15, 0.2) is 52.3 Å². The summed E-state index contributed by atoms with van der Waals surface area (Å²) < 4.78 is 0. The molecule has 7 heteroatoms. The number of hydrogen-bond donors (Lipinski definition) is 1. The Morgan fingerprint density at radius 1 is 1.19 bits per heavy atom. The first kappa shape index (κ1) is 18.9. The molecule has 1 aliphatic heterocycles. The number of hydrogen-bond acceptors (Lipinski definition) is 5. The van der Waals surface area contributed by atoms with Crippen molar-refractivity contribution < 1.29 is 9.59 Å². The summed E-state index contributed by atoms with van der Waals surface area (Å²) in [6.45, 7) is 2.02. The summed E-state index contributed by atoms with van der Waals surface area (Å²) >= 11 is 8.71. The molecule has 134 valence electrons. The van der Waals surface area contributed by atoms with Crippen molar-refractivity contribution in [3.63, 3.8) is 0 Å². The highest BCUT2D eigenvalue weighted by molar-refractivity contribution is 8.18. The van der Waals surface area contributed by atoms with Crippen LogP contribution in [0.25, 0.3) is 6.08 Å². The Morgan fingerprint density at radius 2 is 1.92 bits per heavy atom. The van der Waals surface area contributed by atoms with E-state index in [0.29, 0.717) is 9.93 Å². The van der Waals surface area contributed by atoms with Crippen LogP contribution in [0.4, 0.5) is 10.5 Å². The third-order valence-electron chi connectivity index (χ3n) is 3.90. The van der Waals surface area contributed by atoms with Crippen LogP contribution in [0.1, 0.15) is 11.1 Å². The maximum absolute atomic E-state index is 12.5. The average molecular weight is 405 g/mol. The van der Waals surface area contributed by atoms with Gasteiger partial charge in [-0.2, -0.15) is 0 Å². The van der Waals surface area contributed by atoms with E-state index in [1.54, 1.807) is 23.9 Å². The van der Waals surface area contributed by atoms with Gasteiger partial charge in [-0.25, -0.2) is 0 Å². The zero-order valence-corrected chi connectivity index (χ0v) is 16.7. The van der Waals surface area contributed by atoms with Crippen molar-refractivity contribution in [1.29, 1.82) is 0 Å². The summed E-state index contributed by atoms with van der Waals surface area (Å²) in [4.78, 5) is 27.5. The molecular weight excluding hydrogens is 388 g/mol. The minimum Gasteiger partial charge on any atom is -0.367 e. The molecule has 0 unspecified atom stereocenters. The molecular formula is C19H17ClN2O2S2. The number of anilines is 1. The summed E-state index contributed by atoms with van der Waals surface area (Å²) in [5, 5.41) is 3.42. The Labute approximate surface area is 166 Å². The van der Waals surface area contributed by atoms with E-state index in [9.17, 15) is 9.59 Å². The minimum absolute atomic E-state index is 0.104. The van der Waals surface area contributed by atoms with E-state index in [-0.39, 0.29) is 17.8 Å². The number of carbonyl (C=O) groups excluding carboxylic acids is 2. The summed E-state index contributed by atoms with van der Waals surface area (Å²) in [5.41, 5.74) is 2.63. The molecule has 0 radical (unpaired) electrons. The molecule has 0 saturated carbocycles. The van der Waals surface area contributed by atoms with Crippen molar-refractivity contribution in [3.8, 4) is 0 Å². The standard InChI is InChI=1S/C19H17ClN2O2S2/c1-12-3-6-14(10-16(12)20)21-11-22-18(23)17(26-19(22)24)9-13-4-7-15(25-2)8-5-13/h3-10,21H,11H2,1-2H3. The van der Waals surface area contributed by atoms with Gasteiger partial charge in [0.05, 0.1) is 11.6 Å². The molecule has 0 atom stereocenters. The predicted molar refractivity (Wildman–Crippen MR) is 111 cm³/mol. The van der Waals surface area contributed by atoms with Crippen LogP contribution in [0.5, 0.6) is 0 Å². The highest BCUT2D eigenvalue weighted by Crippen LogP contribution is 2.32. The molecule has 0 spiro atoms. The quantitative estimate of drug-likeness (QED) is 0.528. The Kier molecular flexibility index (Phi) is 5.96. The van der Waals surface area contributed by atoms with Gasteiger partial charge in [0.25, 0.3) is 11.1 Å². The molecule has 2 amide bonds. The van der Waals surface area contributed by atoms with Crippen molar-refractivity contribution in [1.82, 2.24) is 4.90 Å². The largest absolute Gasteiger partial charge is 0.367 e. The first-order valence-electron chi connectivity index (χ1n) is 7.87. The summed E-state index contributed by atoms with van der Waals surface area (Å²) in [7, 11) is 0. The van der Waals surface area contributed by atoms with Gasteiger partial charge < -0.3 is 5.32 Å². The second-order valence-electron chi connectivity index (χ2n) is 5.68. The van der Waals surface area contributed by atoms with E-state index >= 15 is 0 Å². The molecule has 0 bridgehead atoms. The highest BCUT2D eigenvalue weighted by atomic mass is 35.5. The van der Waals surface area contributed by atoms with Crippen molar-refractivity contribution in [2.45, 2.75) is 11.8 Å². The third kappa shape index (κ3) is 4.26. The number of halogens is 1. The molecule has 2 aromatic carbocycles. The smallest absolute Gasteiger partial charge is 0.295 e. The number of nitrogens with zero attached hydrogens (tertiary/aromatic N) is 1. The Morgan fingerprint density at radius 3 is 2.58 bits per heavy atom. The zero-order valence-electron chi connectivity index (χ0n) is 14.3. The van der Waals surface area contributed by atoms with E-state index in [1.165, 1.54) is 4.90 Å². The zero-order chi connectivity index (χ0) is 18.7. The molecule has 0 aromatic heterocycles. The van der Waals surface area contributed by atoms with Crippen LogP contribution in [-0.2, 0) is 4.79 Å². The maximum Gasteiger partial charge on any atom is 0.295 e. The Balaban J connectivity index is 1.69. The monoisotopic (exact) mass is 404 g/mol. The second kappa shape index (κ2) is 8.20. The first-order valence-corrected chi connectivity index (χ1v) is 10.3. The molecule has 1 fully saturated rings. The van der Waals surface area contributed by atoms with Gasteiger partial charge in [0.15, 0.2) is 0 Å². The van der Waals surface area contributed by atoms with Gasteiger partial charge in [0.2, 0.25) is 0 Å². The SMILES string of the molecule is CSc1ccc(C=C2SC(=O)N(CNc3ccc(C)c(Cl)c3)C2=O)cc1. The molecule has 1 heterocycles. The van der Waals surface area contributed by atoms with Crippen LogP contribution < -0.4 is 5.32 Å². The normalized spacial score (nSPS) is 15.8. The van der Waals surface area contributed by atoms with Gasteiger partial charge in [-0.1, -0.05) is 29.8 Å². The number of nitrogens with one attached hydrogen (secondary N) is 1. The first-order chi connectivity index (χ1) is 12.5. The molecule has 3 rings (SSSR count). The van der Waals surface area contributed by atoms with E-state index in [4.69, 9.17) is 11.6 Å². The van der Waals surface area contributed by atoms with Gasteiger partial charge in [-0.05, 0) is 66.4 Å². The Hall–Kier alpha value is -1.89. The van der Waals surface area contributed by atoms with E-state index in [1.807, 2.05) is 49.6 Å². The number of imide groups is 1. The fourth-order valence-electron chi connectivity index (χ4n) is 2.36. The minimum atomic E-state index is -0.292. The molecule has 1 N–H and O–H groups in total. The summed E-state index contributed by atoms with van der Waals surface area (Å²) in [5.74, 6) is -0.292. The number of benzene rings is 2. The molecule has 0 aliphatic carbocycles. The molecule has 1 saturated heterocycles. The average Bonchev–Trinajstić information content (AvgIpc) is 2.90. The Bertz CT molecular complexity index is 882. The fraction of sp³-hybridized carbons (Fsp3) is 0.158. The van der Waals surface area contributed by atoms with Gasteiger partial charge in [0.1, 0.15) is 0 Å². The predicted octanol–water partition coefficient (Wildman–Crippen LogP) is 5.48. The molecule has 4 nitrogen and oxygen atoms in total. The fourth-order valence-corrected chi connectivity index (χ4v) is 3.79. The highest BCUT2D eigenvalue weighted by Gasteiger charge is 2.34. The van der Waals surface area contributed by atoms with Gasteiger partial charge in [0, 0.05) is 15.6 Å². The van der Waals surface area contributed by atoms with Crippen LogP contribution in [0.2, 0.25) is 5.02 Å². The molecule has 26 heavy (non-hydrogen) atoms. The van der Waals surface area contributed by atoms with Crippen LogP contribution in [-0.4, -0.2) is 29.0 Å². The maximum atomic E-state index is 12.5. The number of aryl methyl sites for hydroxylation is 1. The molecule has 2 aromatic rings. The van der Waals surface area contributed by atoms with E-state index in [2.05, 4.69) is 5.32 Å². The second-order valence-corrected chi connectivity index (χ2v) is 7.96. The molecule has 1 aliphatic rings. The van der Waals surface area contributed by atoms with Crippen LogP contribution in [0, 0.1) is 6.92 Å². The lowest BCUT2D eigenvalue weighted by Gasteiger charge is -2.15. The third-order valence-corrected chi connectivity index (χ3v) is 5.96. The lowest BCUT2D eigenvalue weighted by atomic mass is 10.2. The van der Waals surface area contributed by atoms with Crippen molar-refractivity contribution in [2.75, 3.05) is 18.2 Å². The lowest BCUT2D eigenvalue weighted by molar-refractivity contribution is -0.122. The van der Waals surface area contributed by atoms with Crippen molar-refractivity contribution in [3.05, 3.63) is 63.5 Å². The summed E-state index contributed by atoms with van der Waals surface area (Å²) in [6.07, 6.45) is 3.76. The van der Waals surface area contributed by atoms with Crippen molar-refractivity contribution >= 4 is 58.0 Å². The number of amides is 2. The van der Waals surface area contributed by atoms with E-state index in [0.717, 1.165) is 33.5 Å². The summed E-state index contributed by atoms with van der Waals surface area (Å²) in [6, 6.07) is 13.4. The topological polar surface area (TPSA) is 49.4 Å². The number of thioether (sulfide) groups is 2. The lowest BCUT2D eigenvalue weighted by Crippen LogP contribution is -2.33. The van der Waals surface area contributed by atoms with Gasteiger partial charge in [-0.3, -0.25) is 14.5 Å². The van der Waals surface area contributed by atoms with Crippen LogP contribution in [0.3, 0.4) is 0 Å². The van der Waals surface area contributed by atoms with E-state index < -0.39 is 0 Å². The number of rotatable bonds is 5. The number of carbonyl (C=O) groups is 2.